The highest BCUT2D eigenvalue weighted by molar-refractivity contribution is 5.95. The van der Waals surface area contributed by atoms with Crippen molar-refractivity contribution in [3.63, 3.8) is 0 Å². The number of carbonyl (C=O) groups is 1. The molecule has 1 aliphatic heterocycles. The van der Waals surface area contributed by atoms with Crippen molar-refractivity contribution in [3.05, 3.63) is 34.9 Å². The number of aliphatic hydroxyl groups excluding tert-OH is 1. The molecule has 1 N–H and O–H groups in total. The lowest BCUT2D eigenvalue weighted by atomic mass is 10.0. The van der Waals surface area contributed by atoms with Crippen molar-refractivity contribution >= 4 is 5.91 Å². The fraction of sp³-hybridized carbons (Fsp3) is 0.562. The third-order valence-corrected chi connectivity index (χ3v) is 3.92. The minimum atomic E-state index is 0.136. The summed E-state index contributed by atoms with van der Waals surface area (Å²) < 4.78 is 0. The summed E-state index contributed by atoms with van der Waals surface area (Å²) in [5.74, 6) is 0.136. The molecule has 4 heteroatoms. The van der Waals surface area contributed by atoms with Gasteiger partial charge in [-0.15, -0.1) is 0 Å². The number of β-amino-alcohol motifs (C(OH)–C–C–N with tert-alkyl or cyclic N) is 1. The molecule has 0 radical (unpaired) electrons. The smallest absolute Gasteiger partial charge is 0.254 e. The summed E-state index contributed by atoms with van der Waals surface area (Å²) in [6, 6.07) is 6.03. The Bertz CT molecular complexity index is 474. The summed E-state index contributed by atoms with van der Waals surface area (Å²) in [5.41, 5.74) is 2.98. The first-order valence-electron chi connectivity index (χ1n) is 7.31. The molecule has 1 fully saturated rings. The Balaban J connectivity index is 2.07. The van der Waals surface area contributed by atoms with Gasteiger partial charge in [-0.3, -0.25) is 9.69 Å². The van der Waals surface area contributed by atoms with Crippen molar-refractivity contribution in [3.8, 4) is 0 Å². The maximum atomic E-state index is 12.6. The van der Waals surface area contributed by atoms with Gasteiger partial charge in [-0.1, -0.05) is 17.7 Å². The molecule has 0 unspecified atom stereocenters. The molecule has 1 aromatic rings. The van der Waals surface area contributed by atoms with Crippen molar-refractivity contribution < 1.29 is 9.90 Å². The molecule has 1 aliphatic rings. The van der Waals surface area contributed by atoms with E-state index in [0.29, 0.717) is 6.54 Å². The van der Waals surface area contributed by atoms with E-state index in [9.17, 15) is 4.79 Å². The van der Waals surface area contributed by atoms with E-state index in [1.807, 2.05) is 36.9 Å². The van der Waals surface area contributed by atoms with Gasteiger partial charge in [0.1, 0.15) is 0 Å². The minimum Gasteiger partial charge on any atom is -0.395 e. The average molecular weight is 276 g/mol. The Morgan fingerprint density at radius 2 is 2.00 bits per heavy atom. The lowest BCUT2D eigenvalue weighted by molar-refractivity contribution is 0.0759. The van der Waals surface area contributed by atoms with Crippen LogP contribution in [0.4, 0.5) is 0 Å². The van der Waals surface area contributed by atoms with Crippen LogP contribution in [0.5, 0.6) is 0 Å². The monoisotopic (exact) mass is 276 g/mol. The standard InChI is InChI=1S/C16H24N2O2/c1-13-4-5-14(2)15(12-13)16(20)18-7-3-6-17(8-9-18)10-11-19/h4-5,12,19H,3,6-11H2,1-2H3. The van der Waals surface area contributed by atoms with Gasteiger partial charge in [-0.2, -0.15) is 0 Å². The van der Waals surface area contributed by atoms with Crippen LogP contribution in [-0.4, -0.2) is 60.1 Å². The summed E-state index contributed by atoms with van der Waals surface area (Å²) in [6.07, 6.45) is 0.969. The molecular formula is C16H24N2O2. The minimum absolute atomic E-state index is 0.136. The van der Waals surface area contributed by atoms with Crippen molar-refractivity contribution in [2.24, 2.45) is 0 Å². The van der Waals surface area contributed by atoms with Crippen molar-refractivity contribution in [1.29, 1.82) is 0 Å². The molecular weight excluding hydrogens is 252 g/mol. The number of amides is 1. The predicted octanol–water partition coefficient (Wildman–Crippen LogP) is 1.44. The van der Waals surface area contributed by atoms with Gasteiger partial charge < -0.3 is 10.0 Å². The summed E-state index contributed by atoms with van der Waals surface area (Å²) >= 11 is 0. The third-order valence-electron chi connectivity index (χ3n) is 3.92. The fourth-order valence-electron chi connectivity index (χ4n) is 2.68. The van der Waals surface area contributed by atoms with Gasteiger partial charge >= 0.3 is 0 Å². The van der Waals surface area contributed by atoms with Crippen LogP contribution in [0.15, 0.2) is 18.2 Å². The zero-order valence-corrected chi connectivity index (χ0v) is 12.4. The molecule has 1 saturated heterocycles. The van der Waals surface area contributed by atoms with Gasteiger partial charge in [0.05, 0.1) is 6.61 Å². The summed E-state index contributed by atoms with van der Waals surface area (Å²) in [6.45, 7) is 8.23. The maximum Gasteiger partial charge on any atom is 0.254 e. The SMILES string of the molecule is Cc1ccc(C)c(C(=O)N2CCCN(CCO)CC2)c1. The topological polar surface area (TPSA) is 43.8 Å². The largest absolute Gasteiger partial charge is 0.395 e. The Morgan fingerprint density at radius 1 is 1.20 bits per heavy atom. The van der Waals surface area contributed by atoms with Gasteiger partial charge in [-0.05, 0) is 38.4 Å². The summed E-state index contributed by atoms with van der Waals surface area (Å²) in [5, 5.41) is 9.01. The molecule has 4 nitrogen and oxygen atoms in total. The molecule has 1 heterocycles. The van der Waals surface area contributed by atoms with Crippen LogP contribution in [0, 0.1) is 13.8 Å². The molecule has 0 spiro atoms. The van der Waals surface area contributed by atoms with E-state index in [1.54, 1.807) is 0 Å². The highest BCUT2D eigenvalue weighted by Gasteiger charge is 2.21. The second-order valence-electron chi connectivity index (χ2n) is 5.53. The first-order chi connectivity index (χ1) is 9.61. The van der Waals surface area contributed by atoms with Crippen LogP contribution >= 0.6 is 0 Å². The second-order valence-corrected chi connectivity index (χ2v) is 5.53. The van der Waals surface area contributed by atoms with E-state index in [0.717, 1.165) is 49.3 Å². The Hall–Kier alpha value is -1.39. The lowest BCUT2D eigenvalue weighted by Crippen LogP contribution is -2.36. The molecule has 0 bridgehead atoms. The van der Waals surface area contributed by atoms with E-state index in [4.69, 9.17) is 5.11 Å². The van der Waals surface area contributed by atoms with E-state index in [2.05, 4.69) is 4.90 Å². The molecule has 110 valence electrons. The summed E-state index contributed by atoms with van der Waals surface area (Å²) in [7, 11) is 0. The zero-order valence-electron chi connectivity index (χ0n) is 12.4. The first-order valence-corrected chi connectivity index (χ1v) is 7.31. The number of hydrogen-bond acceptors (Lipinski definition) is 3. The third kappa shape index (κ3) is 3.58. The first kappa shape index (κ1) is 15.0. The maximum absolute atomic E-state index is 12.6. The summed E-state index contributed by atoms with van der Waals surface area (Å²) in [4.78, 5) is 16.8. The molecule has 1 amide bonds. The number of benzene rings is 1. The normalized spacial score (nSPS) is 17.1. The number of hydrogen-bond donors (Lipinski definition) is 1. The molecule has 0 saturated carbocycles. The Morgan fingerprint density at radius 3 is 2.75 bits per heavy atom. The van der Waals surface area contributed by atoms with Crippen LogP contribution in [0.3, 0.4) is 0 Å². The zero-order chi connectivity index (χ0) is 14.5. The van der Waals surface area contributed by atoms with Crippen LogP contribution in [0.25, 0.3) is 0 Å². The molecule has 20 heavy (non-hydrogen) atoms. The number of aliphatic hydroxyl groups is 1. The molecule has 0 atom stereocenters. The highest BCUT2D eigenvalue weighted by Crippen LogP contribution is 2.15. The Kier molecular flexibility index (Phi) is 5.15. The van der Waals surface area contributed by atoms with E-state index in [-0.39, 0.29) is 12.5 Å². The average Bonchev–Trinajstić information content (AvgIpc) is 2.67. The number of nitrogens with zero attached hydrogens (tertiary/aromatic N) is 2. The van der Waals surface area contributed by atoms with Crippen LogP contribution in [-0.2, 0) is 0 Å². The number of carbonyl (C=O) groups excluding carboxylic acids is 1. The van der Waals surface area contributed by atoms with Gasteiger partial charge in [0.2, 0.25) is 0 Å². The van der Waals surface area contributed by atoms with Crippen LogP contribution in [0.1, 0.15) is 27.9 Å². The second kappa shape index (κ2) is 6.86. The predicted molar refractivity (Wildman–Crippen MR) is 80.0 cm³/mol. The highest BCUT2D eigenvalue weighted by atomic mass is 16.3. The van der Waals surface area contributed by atoms with Crippen molar-refractivity contribution in [1.82, 2.24) is 9.80 Å². The Labute approximate surface area is 121 Å². The van der Waals surface area contributed by atoms with E-state index >= 15 is 0 Å². The molecule has 2 rings (SSSR count). The molecule has 0 aliphatic carbocycles. The number of aryl methyl sites for hydroxylation is 2. The number of rotatable bonds is 3. The van der Waals surface area contributed by atoms with Crippen molar-refractivity contribution in [2.45, 2.75) is 20.3 Å². The molecule has 0 aromatic heterocycles. The molecule has 1 aromatic carbocycles. The van der Waals surface area contributed by atoms with Crippen LogP contribution < -0.4 is 0 Å². The van der Waals surface area contributed by atoms with E-state index in [1.165, 1.54) is 0 Å². The lowest BCUT2D eigenvalue weighted by Gasteiger charge is -2.22. The van der Waals surface area contributed by atoms with Crippen LogP contribution in [0.2, 0.25) is 0 Å². The fourth-order valence-corrected chi connectivity index (χ4v) is 2.68. The quantitative estimate of drug-likeness (QED) is 0.908. The van der Waals surface area contributed by atoms with Gasteiger partial charge in [0.25, 0.3) is 5.91 Å². The van der Waals surface area contributed by atoms with Gasteiger partial charge in [0.15, 0.2) is 0 Å². The van der Waals surface area contributed by atoms with Gasteiger partial charge in [0, 0.05) is 31.7 Å². The van der Waals surface area contributed by atoms with E-state index < -0.39 is 0 Å². The van der Waals surface area contributed by atoms with Crippen molar-refractivity contribution in [2.75, 3.05) is 39.3 Å². The van der Waals surface area contributed by atoms with Gasteiger partial charge in [-0.25, -0.2) is 0 Å².